The van der Waals surface area contributed by atoms with Crippen LogP contribution in [0.25, 0.3) is 6.08 Å². The van der Waals surface area contributed by atoms with Crippen LogP contribution in [0, 0.1) is 0 Å². The van der Waals surface area contributed by atoms with Crippen LogP contribution in [-0.4, -0.2) is 22.5 Å². The first-order valence-corrected chi connectivity index (χ1v) is 7.07. The van der Waals surface area contributed by atoms with Crippen molar-refractivity contribution >= 4 is 18.0 Å². The number of oxazole rings is 1. The molecule has 1 aromatic rings. The van der Waals surface area contributed by atoms with Crippen molar-refractivity contribution in [3.63, 3.8) is 0 Å². The molecule has 22 heavy (non-hydrogen) atoms. The van der Waals surface area contributed by atoms with E-state index in [2.05, 4.69) is 10.3 Å². The van der Waals surface area contributed by atoms with Crippen LogP contribution in [0.15, 0.2) is 16.5 Å². The fraction of sp³-hybridized carbons (Fsp3) is 0.562. The number of nitrogens with zero attached hydrogens (tertiary/aromatic N) is 1. The predicted molar refractivity (Wildman–Crippen MR) is 83.2 cm³/mol. The maximum Gasteiger partial charge on any atom is 0.412 e. The Labute approximate surface area is 130 Å². The maximum absolute atomic E-state index is 11.8. The number of carbonyl (C=O) groups is 2. The molecule has 1 N–H and O–H groups in total. The number of ether oxygens (including phenoxy) is 1. The zero-order chi connectivity index (χ0) is 17.1. The highest BCUT2D eigenvalue weighted by molar-refractivity contribution is 6.00. The van der Waals surface area contributed by atoms with Crippen LogP contribution >= 0.6 is 0 Å². The highest BCUT2D eigenvalue weighted by Crippen LogP contribution is 2.26. The van der Waals surface area contributed by atoms with Gasteiger partial charge in [-0.05, 0) is 26.8 Å². The smallest absolute Gasteiger partial charge is 0.412 e. The zero-order valence-electron chi connectivity index (χ0n) is 14.2. The fourth-order valence-corrected chi connectivity index (χ4v) is 1.69. The molecule has 0 fully saturated rings. The van der Waals surface area contributed by atoms with Gasteiger partial charge in [0.05, 0.1) is 5.70 Å². The lowest BCUT2D eigenvalue weighted by atomic mass is 9.91. The van der Waals surface area contributed by atoms with Gasteiger partial charge in [-0.25, -0.2) is 9.78 Å². The van der Waals surface area contributed by atoms with Crippen molar-refractivity contribution in [3.8, 4) is 0 Å². The lowest BCUT2D eigenvalue weighted by molar-refractivity contribution is -0.113. The first-order chi connectivity index (χ1) is 9.90. The van der Waals surface area contributed by atoms with Gasteiger partial charge in [0.2, 0.25) is 0 Å². The third-order valence-corrected chi connectivity index (χ3v) is 2.57. The first-order valence-electron chi connectivity index (χ1n) is 7.07. The Morgan fingerprint density at radius 3 is 2.27 bits per heavy atom. The zero-order valence-corrected chi connectivity index (χ0v) is 14.2. The molecule has 0 bridgehead atoms. The molecular weight excluding hydrogens is 284 g/mol. The molecule has 0 saturated heterocycles. The third-order valence-electron chi connectivity index (χ3n) is 2.57. The molecule has 0 aliphatic carbocycles. The number of aromatic nitrogens is 1. The quantitative estimate of drug-likeness (QED) is 0.865. The van der Waals surface area contributed by atoms with Gasteiger partial charge in [-0.1, -0.05) is 20.8 Å². The van der Waals surface area contributed by atoms with Crippen molar-refractivity contribution < 1.29 is 18.7 Å². The Morgan fingerprint density at radius 2 is 1.82 bits per heavy atom. The van der Waals surface area contributed by atoms with Crippen molar-refractivity contribution in [3.05, 3.63) is 23.5 Å². The van der Waals surface area contributed by atoms with E-state index in [0.29, 0.717) is 11.5 Å². The van der Waals surface area contributed by atoms with Crippen molar-refractivity contribution in [2.75, 3.05) is 0 Å². The second-order valence-corrected chi connectivity index (χ2v) is 7.06. The summed E-state index contributed by atoms with van der Waals surface area (Å²) in [5, 5.41) is 2.46. The number of ketones is 1. The van der Waals surface area contributed by atoms with E-state index in [-0.39, 0.29) is 16.9 Å². The monoisotopic (exact) mass is 308 g/mol. The Morgan fingerprint density at radius 1 is 1.23 bits per heavy atom. The molecule has 0 radical (unpaired) electrons. The standard InChI is InChI=1S/C16H24N2O4/c1-10(19)11(18-14(20)22-16(5,6)7)8-12-13(15(2,3)4)21-9-17-12/h8-9H,1-7H3,(H,18,20)/b11-8-. The van der Waals surface area contributed by atoms with Gasteiger partial charge in [0, 0.05) is 12.3 Å². The summed E-state index contributed by atoms with van der Waals surface area (Å²) in [6, 6.07) is 0. The summed E-state index contributed by atoms with van der Waals surface area (Å²) in [4.78, 5) is 27.6. The number of hydrogen-bond acceptors (Lipinski definition) is 5. The summed E-state index contributed by atoms with van der Waals surface area (Å²) in [5.41, 5.74) is -0.297. The summed E-state index contributed by atoms with van der Waals surface area (Å²) in [6.45, 7) is 12.5. The second-order valence-electron chi connectivity index (χ2n) is 7.06. The van der Waals surface area contributed by atoms with Crippen LogP contribution in [0.4, 0.5) is 4.79 Å². The number of allylic oxidation sites excluding steroid dienone is 1. The van der Waals surface area contributed by atoms with Crippen LogP contribution in [0.1, 0.15) is 59.9 Å². The third kappa shape index (κ3) is 5.35. The molecule has 0 aromatic carbocycles. The first kappa shape index (κ1) is 17.9. The molecule has 1 aromatic heterocycles. The molecule has 6 heteroatoms. The van der Waals surface area contributed by atoms with Crippen molar-refractivity contribution in [2.45, 2.75) is 59.5 Å². The largest absolute Gasteiger partial charge is 0.447 e. The molecule has 0 atom stereocenters. The van der Waals surface area contributed by atoms with Crippen molar-refractivity contribution in [1.29, 1.82) is 0 Å². The Balaban J connectivity index is 3.05. The number of carbonyl (C=O) groups excluding carboxylic acids is 2. The van der Waals surface area contributed by atoms with Crippen LogP contribution in [-0.2, 0) is 14.9 Å². The summed E-state index contributed by atoms with van der Waals surface area (Å²) in [5.74, 6) is 0.339. The molecule has 0 aliphatic rings. The van der Waals surface area contributed by atoms with E-state index in [1.54, 1.807) is 20.8 Å². The molecule has 0 unspecified atom stereocenters. The van der Waals surface area contributed by atoms with E-state index in [1.807, 2.05) is 20.8 Å². The minimum atomic E-state index is -0.685. The predicted octanol–water partition coefficient (Wildman–Crippen LogP) is 3.43. The van der Waals surface area contributed by atoms with E-state index < -0.39 is 11.7 Å². The molecular formula is C16H24N2O4. The lowest BCUT2D eigenvalue weighted by Gasteiger charge is -2.20. The average Bonchev–Trinajstić information content (AvgIpc) is 2.73. The average molecular weight is 308 g/mol. The van der Waals surface area contributed by atoms with Crippen molar-refractivity contribution in [2.24, 2.45) is 0 Å². The Hall–Kier alpha value is -2.11. The van der Waals surface area contributed by atoms with E-state index in [0.717, 1.165) is 0 Å². The Bertz CT molecular complexity index is 586. The summed E-state index contributed by atoms with van der Waals surface area (Å²) >= 11 is 0. The van der Waals surface area contributed by atoms with Crippen molar-refractivity contribution in [1.82, 2.24) is 10.3 Å². The highest BCUT2D eigenvalue weighted by atomic mass is 16.6. The van der Waals surface area contributed by atoms with Gasteiger partial charge in [-0.2, -0.15) is 0 Å². The minimum absolute atomic E-state index is 0.105. The second kappa shape index (κ2) is 6.34. The number of Topliss-reactive ketones (excluding diaryl/α,β-unsaturated/α-hetero) is 1. The number of alkyl carbamates (subject to hydrolysis) is 1. The number of nitrogens with one attached hydrogen (secondary N) is 1. The van der Waals surface area contributed by atoms with Crippen LogP contribution < -0.4 is 5.32 Å². The maximum atomic E-state index is 11.8. The molecule has 1 heterocycles. The van der Waals surface area contributed by atoms with Gasteiger partial charge in [0.1, 0.15) is 17.1 Å². The molecule has 1 rings (SSSR count). The minimum Gasteiger partial charge on any atom is -0.447 e. The van der Waals surface area contributed by atoms with E-state index in [9.17, 15) is 9.59 Å². The topological polar surface area (TPSA) is 81.4 Å². The molecule has 122 valence electrons. The summed E-state index contributed by atoms with van der Waals surface area (Å²) in [7, 11) is 0. The van der Waals surface area contributed by atoms with Gasteiger partial charge < -0.3 is 9.15 Å². The summed E-state index contributed by atoms with van der Waals surface area (Å²) < 4.78 is 10.5. The van der Waals surface area contributed by atoms with E-state index in [1.165, 1.54) is 19.4 Å². The Kier molecular flexibility index (Phi) is 5.17. The van der Waals surface area contributed by atoms with Gasteiger partial charge in [-0.3, -0.25) is 10.1 Å². The SMILES string of the molecule is CC(=O)/C(=C/c1ncoc1C(C)(C)C)NC(=O)OC(C)(C)C. The molecule has 6 nitrogen and oxygen atoms in total. The normalized spacial score (nSPS) is 13.0. The van der Waals surface area contributed by atoms with Crippen LogP contribution in [0.2, 0.25) is 0 Å². The van der Waals surface area contributed by atoms with Gasteiger partial charge >= 0.3 is 6.09 Å². The number of amides is 1. The molecule has 0 aliphatic heterocycles. The summed E-state index contributed by atoms with van der Waals surface area (Å²) in [6.07, 6.45) is 2.13. The molecule has 1 amide bonds. The number of rotatable bonds is 3. The van der Waals surface area contributed by atoms with Gasteiger partial charge in [0.15, 0.2) is 12.2 Å². The van der Waals surface area contributed by atoms with Crippen LogP contribution in [0.5, 0.6) is 0 Å². The number of hydrogen-bond donors (Lipinski definition) is 1. The molecule has 0 spiro atoms. The van der Waals surface area contributed by atoms with E-state index >= 15 is 0 Å². The van der Waals surface area contributed by atoms with Gasteiger partial charge in [0.25, 0.3) is 0 Å². The lowest BCUT2D eigenvalue weighted by Crippen LogP contribution is -2.33. The van der Waals surface area contributed by atoms with Gasteiger partial charge in [-0.15, -0.1) is 0 Å². The fourth-order valence-electron chi connectivity index (χ4n) is 1.69. The highest BCUT2D eigenvalue weighted by Gasteiger charge is 2.23. The van der Waals surface area contributed by atoms with E-state index in [4.69, 9.17) is 9.15 Å². The van der Waals surface area contributed by atoms with Crippen LogP contribution in [0.3, 0.4) is 0 Å². The molecule has 0 saturated carbocycles.